The number of carboxylic acids is 1. The second-order valence-electron chi connectivity index (χ2n) is 4.37. The molecular weight excluding hydrogens is 288 g/mol. The molecule has 20 heavy (non-hydrogen) atoms. The average Bonchev–Trinajstić information content (AvgIpc) is 2.32. The number of hydrogen-bond acceptors (Lipinski definition) is 5. The number of carbonyl (C=O) groups is 3. The van der Waals surface area contributed by atoms with Crippen LogP contribution in [0.1, 0.15) is 13.8 Å². The Hall–Kier alpha value is -1.90. The van der Waals surface area contributed by atoms with Gasteiger partial charge in [0.05, 0.1) is 5.75 Å². The first-order valence-electron chi connectivity index (χ1n) is 5.60. The van der Waals surface area contributed by atoms with Gasteiger partial charge >= 0.3 is 12.0 Å². The monoisotopic (exact) mass is 306 g/mol. The van der Waals surface area contributed by atoms with E-state index in [0.717, 1.165) is 11.2 Å². The molecule has 114 valence electrons. The first kappa shape index (κ1) is 18.1. The van der Waals surface area contributed by atoms with E-state index in [1.54, 1.807) is 0 Å². The minimum Gasteiger partial charge on any atom is -0.478 e. The normalized spacial score (nSPS) is 12.4. The van der Waals surface area contributed by atoms with Crippen molar-refractivity contribution in [3.05, 3.63) is 11.1 Å². The van der Waals surface area contributed by atoms with Gasteiger partial charge in [-0.3, -0.25) is 10.1 Å². The van der Waals surface area contributed by atoms with Gasteiger partial charge in [0.15, 0.2) is 0 Å². The van der Waals surface area contributed by atoms with Crippen molar-refractivity contribution < 1.29 is 27.9 Å². The first-order valence-corrected chi connectivity index (χ1v) is 7.66. The van der Waals surface area contributed by atoms with Crippen molar-refractivity contribution in [1.82, 2.24) is 10.2 Å². The fraction of sp³-hybridized carbons (Fsp3) is 0.545. The lowest BCUT2D eigenvalue weighted by Gasteiger charge is -2.17. The quantitative estimate of drug-likeness (QED) is 0.668. The standard InChI is InChI=1S/C11H18N2O6S/c1-7(8(2)10(15)16)9(14)12-11(17)13(3)5-6-20(4,18)19/h5-6H2,1-4H3,(H,15,16)(H,12,14,17). The lowest BCUT2D eigenvalue weighted by atomic mass is 10.1. The largest absolute Gasteiger partial charge is 0.478 e. The third-order valence-electron chi connectivity index (χ3n) is 2.59. The van der Waals surface area contributed by atoms with E-state index in [9.17, 15) is 22.8 Å². The lowest BCUT2D eigenvalue weighted by molar-refractivity contribution is -0.133. The van der Waals surface area contributed by atoms with Crippen molar-refractivity contribution in [2.75, 3.05) is 25.6 Å². The van der Waals surface area contributed by atoms with Crippen LogP contribution in [0.2, 0.25) is 0 Å². The highest BCUT2D eigenvalue weighted by Gasteiger charge is 2.18. The van der Waals surface area contributed by atoms with Gasteiger partial charge in [-0.2, -0.15) is 0 Å². The SMILES string of the molecule is CC(C(=O)O)=C(C)C(=O)NC(=O)N(C)CCS(C)(=O)=O. The molecule has 0 unspecified atom stereocenters. The zero-order valence-corrected chi connectivity index (χ0v) is 12.6. The fourth-order valence-electron chi connectivity index (χ4n) is 1.02. The summed E-state index contributed by atoms with van der Waals surface area (Å²) in [7, 11) is -1.89. The van der Waals surface area contributed by atoms with Crippen LogP contribution in [0.3, 0.4) is 0 Å². The van der Waals surface area contributed by atoms with Crippen LogP contribution in [0.15, 0.2) is 11.1 Å². The highest BCUT2D eigenvalue weighted by molar-refractivity contribution is 7.90. The van der Waals surface area contributed by atoms with Crippen molar-refractivity contribution >= 4 is 27.7 Å². The van der Waals surface area contributed by atoms with Crippen LogP contribution in [-0.4, -0.2) is 61.9 Å². The molecule has 2 N–H and O–H groups in total. The van der Waals surface area contributed by atoms with Crippen LogP contribution in [0.5, 0.6) is 0 Å². The molecule has 0 rings (SSSR count). The van der Waals surface area contributed by atoms with Crippen molar-refractivity contribution in [2.45, 2.75) is 13.8 Å². The van der Waals surface area contributed by atoms with Crippen LogP contribution in [0.25, 0.3) is 0 Å². The summed E-state index contributed by atoms with van der Waals surface area (Å²) in [6.45, 7) is 2.45. The van der Waals surface area contributed by atoms with Gasteiger partial charge in [0.1, 0.15) is 9.84 Å². The van der Waals surface area contributed by atoms with Gasteiger partial charge in [-0.1, -0.05) is 0 Å². The summed E-state index contributed by atoms with van der Waals surface area (Å²) in [4.78, 5) is 34.9. The van der Waals surface area contributed by atoms with E-state index in [1.165, 1.54) is 20.9 Å². The molecule has 8 nitrogen and oxygen atoms in total. The summed E-state index contributed by atoms with van der Waals surface area (Å²) in [6.07, 6.45) is 1.03. The van der Waals surface area contributed by atoms with E-state index >= 15 is 0 Å². The number of urea groups is 1. The molecule has 0 aliphatic heterocycles. The second-order valence-corrected chi connectivity index (χ2v) is 6.63. The average molecular weight is 306 g/mol. The molecule has 0 saturated carbocycles. The summed E-state index contributed by atoms with van der Waals surface area (Å²) >= 11 is 0. The number of carboxylic acid groups (broad SMARTS) is 1. The van der Waals surface area contributed by atoms with Crippen molar-refractivity contribution in [2.24, 2.45) is 0 Å². The number of rotatable bonds is 5. The molecule has 0 saturated heterocycles. The molecule has 0 fully saturated rings. The lowest BCUT2D eigenvalue weighted by Crippen LogP contribution is -2.43. The van der Waals surface area contributed by atoms with E-state index in [1.807, 2.05) is 5.32 Å². The fourth-order valence-corrected chi connectivity index (χ4v) is 1.63. The van der Waals surface area contributed by atoms with Crippen molar-refractivity contribution in [1.29, 1.82) is 0 Å². The predicted molar refractivity (Wildman–Crippen MR) is 71.9 cm³/mol. The molecule has 0 aromatic heterocycles. The second kappa shape index (κ2) is 7.04. The molecule has 0 atom stereocenters. The molecule has 0 bridgehead atoms. The van der Waals surface area contributed by atoms with Gasteiger partial charge in [-0.15, -0.1) is 0 Å². The Kier molecular flexibility index (Phi) is 6.37. The summed E-state index contributed by atoms with van der Waals surface area (Å²) in [5.41, 5.74) is -0.267. The number of imide groups is 1. The molecule has 0 aromatic carbocycles. The maximum Gasteiger partial charge on any atom is 0.331 e. The topological polar surface area (TPSA) is 121 Å². The Morgan fingerprint density at radius 1 is 1.15 bits per heavy atom. The van der Waals surface area contributed by atoms with Crippen LogP contribution >= 0.6 is 0 Å². The van der Waals surface area contributed by atoms with Crippen LogP contribution in [0.4, 0.5) is 4.79 Å². The number of hydrogen-bond donors (Lipinski definition) is 2. The Morgan fingerprint density at radius 3 is 2.05 bits per heavy atom. The third-order valence-corrected chi connectivity index (χ3v) is 3.51. The van der Waals surface area contributed by atoms with Gasteiger partial charge in [-0.05, 0) is 13.8 Å². The van der Waals surface area contributed by atoms with Crippen LogP contribution in [0, 0.1) is 0 Å². The molecule has 9 heteroatoms. The molecule has 0 heterocycles. The summed E-state index contributed by atoms with van der Waals surface area (Å²) < 4.78 is 21.9. The van der Waals surface area contributed by atoms with Crippen LogP contribution in [-0.2, 0) is 19.4 Å². The predicted octanol–water partition coefficient (Wildman–Crippen LogP) is -0.380. The third kappa shape index (κ3) is 6.32. The van der Waals surface area contributed by atoms with Gasteiger partial charge in [0.2, 0.25) is 0 Å². The summed E-state index contributed by atoms with van der Waals surface area (Å²) in [5.74, 6) is -2.31. The molecule has 0 aromatic rings. The number of nitrogens with one attached hydrogen (secondary N) is 1. The van der Waals surface area contributed by atoms with Gasteiger partial charge in [0, 0.05) is 31.0 Å². The Bertz CT molecular complexity index is 549. The number of aliphatic carboxylic acids is 1. The van der Waals surface area contributed by atoms with E-state index in [4.69, 9.17) is 5.11 Å². The zero-order chi connectivity index (χ0) is 16.1. The van der Waals surface area contributed by atoms with Crippen molar-refractivity contribution in [3.63, 3.8) is 0 Å². The highest BCUT2D eigenvalue weighted by atomic mass is 32.2. The summed E-state index contributed by atoms with van der Waals surface area (Å²) in [6, 6.07) is -0.795. The number of nitrogens with zero attached hydrogens (tertiary/aromatic N) is 1. The molecule has 0 aliphatic rings. The van der Waals surface area contributed by atoms with Gasteiger partial charge in [0.25, 0.3) is 5.91 Å². The zero-order valence-electron chi connectivity index (χ0n) is 11.8. The first-order chi connectivity index (χ1) is 8.95. The molecular formula is C11H18N2O6S. The molecule has 0 aliphatic carbocycles. The Balaban J connectivity index is 4.66. The Morgan fingerprint density at radius 2 is 1.65 bits per heavy atom. The molecule has 3 amide bonds. The van der Waals surface area contributed by atoms with E-state index < -0.39 is 27.7 Å². The summed E-state index contributed by atoms with van der Waals surface area (Å²) in [5, 5.41) is 10.7. The van der Waals surface area contributed by atoms with Gasteiger partial charge in [-0.25, -0.2) is 18.0 Å². The number of sulfone groups is 1. The smallest absolute Gasteiger partial charge is 0.331 e. The minimum absolute atomic E-state index is 0.0708. The van der Waals surface area contributed by atoms with E-state index in [-0.39, 0.29) is 23.4 Å². The number of amides is 3. The molecule has 0 radical (unpaired) electrons. The minimum atomic E-state index is -3.22. The maximum atomic E-state index is 11.6. The van der Waals surface area contributed by atoms with Crippen molar-refractivity contribution in [3.8, 4) is 0 Å². The maximum absolute atomic E-state index is 11.6. The van der Waals surface area contributed by atoms with E-state index in [0.29, 0.717) is 0 Å². The van der Waals surface area contributed by atoms with E-state index in [2.05, 4.69) is 0 Å². The number of carbonyl (C=O) groups excluding carboxylic acids is 2. The van der Waals surface area contributed by atoms with Crippen LogP contribution < -0.4 is 5.32 Å². The molecule has 0 spiro atoms. The highest BCUT2D eigenvalue weighted by Crippen LogP contribution is 2.03. The Labute approximate surface area is 117 Å². The van der Waals surface area contributed by atoms with Gasteiger partial charge < -0.3 is 10.0 Å².